The molecule has 16 heavy (non-hydrogen) atoms. The van der Waals surface area contributed by atoms with Crippen LogP contribution in [0.3, 0.4) is 0 Å². The van der Waals surface area contributed by atoms with E-state index in [4.69, 9.17) is 5.73 Å². The number of rotatable bonds is 6. The van der Waals surface area contributed by atoms with Gasteiger partial charge in [0, 0.05) is 26.3 Å². The predicted molar refractivity (Wildman–Crippen MR) is 66.3 cm³/mol. The lowest BCUT2D eigenvalue weighted by Crippen LogP contribution is -2.33. The second-order valence-electron chi connectivity index (χ2n) is 3.82. The van der Waals surface area contributed by atoms with Crippen molar-refractivity contribution in [1.82, 2.24) is 15.1 Å². The van der Waals surface area contributed by atoms with E-state index in [1.807, 2.05) is 19.4 Å². The highest BCUT2D eigenvalue weighted by Crippen LogP contribution is 1.95. The van der Waals surface area contributed by atoms with Crippen molar-refractivity contribution in [2.75, 3.05) is 13.1 Å². The largest absolute Gasteiger partial charge is 0.370 e. The van der Waals surface area contributed by atoms with E-state index in [0.717, 1.165) is 32.4 Å². The van der Waals surface area contributed by atoms with Crippen molar-refractivity contribution in [2.45, 2.75) is 26.2 Å². The topological polar surface area (TPSA) is 68.2 Å². The van der Waals surface area contributed by atoms with Crippen LogP contribution in [0.15, 0.2) is 17.4 Å². The van der Waals surface area contributed by atoms with Crippen LogP contribution < -0.4 is 11.1 Å². The molecule has 0 amide bonds. The Kier molecular flexibility index (Phi) is 5.39. The van der Waals surface area contributed by atoms with Crippen LogP contribution in [0.25, 0.3) is 0 Å². The molecule has 0 saturated carbocycles. The fraction of sp³-hybridized carbons (Fsp3) is 0.636. The number of hydrogen-bond acceptors (Lipinski definition) is 2. The second kappa shape index (κ2) is 6.87. The summed E-state index contributed by atoms with van der Waals surface area (Å²) in [4.78, 5) is 4.21. The maximum atomic E-state index is 5.70. The molecule has 0 bridgehead atoms. The van der Waals surface area contributed by atoms with Crippen LogP contribution in [0.2, 0.25) is 0 Å². The first-order valence-corrected chi connectivity index (χ1v) is 5.73. The summed E-state index contributed by atoms with van der Waals surface area (Å²) in [5, 5.41) is 7.19. The Hall–Kier alpha value is -1.52. The molecule has 1 heterocycles. The number of hydrogen-bond donors (Lipinski definition) is 2. The molecule has 0 fully saturated rings. The van der Waals surface area contributed by atoms with Crippen molar-refractivity contribution >= 4 is 5.96 Å². The zero-order valence-electron chi connectivity index (χ0n) is 10.1. The average molecular weight is 223 g/mol. The number of aryl methyl sites for hydroxylation is 1. The van der Waals surface area contributed by atoms with Crippen molar-refractivity contribution in [3.8, 4) is 0 Å². The molecule has 0 atom stereocenters. The summed E-state index contributed by atoms with van der Waals surface area (Å²) >= 11 is 0. The molecule has 1 rings (SSSR count). The maximum absolute atomic E-state index is 5.70. The molecule has 0 saturated heterocycles. The maximum Gasteiger partial charge on any atom is 0.188 e. The minimum absolute atomic E-state index is 0.539. The molecule has 0 aliphatic carbocycles. The second-order valence-corrected chi connectivity index (χ2v) is 3.82. The highest BCUT2D eigenvalue weighted by Gasteiger charge is 1.96. The third-order valence-corrected chi connectivity index (χ3v) is 2.27. The van der Waals surface area contributed by atoms with Crippen LogP contribution in [0, 0.1) is 0 Å². The number of aromatic nitrogens is 2. The Bertz CT molecular complexity index is 329. The molecule has 0 spiro atoms. The van der Waals surface area contributed by atoms with Gasteiger partial charge in [0.2, 0.25) is 0 Å². The lowest BCUT2D eigenvalue weighted by Gasteiger charge is -2.03. The van der Waals surface area contributed by atoms with Crippen LogP contribution >= 0.6 is 0 Å². The lowest BCUT2D eigenvalue weighted by atomic mass is 10.2. The lowest BCUT2D eigenvalue weighted by molar-refractivity contribution is 0.765. The van der Waals surface area contributed by atoms with Gasteiger partial charge in [0.05, 0.1) is 6.20 Å². The first-order chi connectivity index (χ1) is 7.72. The molecule has 0 radical (unpaired) electrons. The van der Waals surface area contributed by atoms with Crippen molar-refractivity contribution in [3.63, 3.8) is 0 Å². The van der Waals surface area contributed by atoms with Crippen LogP contribution in [0.1, 0.15) is 25.3 Å². The minimum Gasteiger partial charge on any atom is -0.370 e. The van der Waals surface area contributed by atoms with E-state index in [-0.39, 0.29) is 0 Å². The van der Waals surface area contributed by atoms with Crippen LogP contribution in [-0.4, -0.2) is 28.8 Å². The van der Waals surface area contributed by atoms with E-state index in [9.17, 15) is 0 Å². The van der Waals surface area contributed by atoms with Crippen molar-refractivity contribution < 1.29 is 0 Å². The van der Waals surface area contributed by atoms with Gasteiger partial charge in [0.15, 0.2) is 5.96 Å². The summed E-state index contributed by atoms with van der Waals surface area (Å²) in [5.41, 5.74) is 6.91. The van der Waals surface area contributed by atoms with E-state index in [1.54, 1.807) is 4.68 Å². The summed E-state index contributed by atoms with van der Waals surface area (Å²) < 4.78 is 1.80. The van der Waals surface area contributed by atoms with Gasteiger partial charge in [0.1, 0.15) is 0 Å². The number of nitrogens with two attached hydrogens (primary N) is 1. The minimum atomic E-state index is 0.539. The summed E-state index contributed by atoms with van der Waals surface area (Å²) in [6, 6.07) is 0. The smallest absolute Gasteiger partial charge is 0.188 e. The van der Waals surface area contributed by atoms with Gasteiger partial charge in [-0.25, -0.2) is 0 Å². The third-order valence-electron chi connectivity index (χ3n) is 2.27. The van der Waals surface area contributed by atoms with E-state index < -0.39 is 0 Å². The number of unbranched alkanes of at least 4 members (excludes halogenated alkanes) is 1. The molecule has 5 nitrogen and oxygen atoms in total. The molecule has 1 aromatic rings. The van der Waals surface area contributed by atoms with Crippen LogP contribution in [0.5, 0.6) is 0 Å². The summed E-state index contributed by atoms with van der Waals surface area (Å²) in [7, 11) is 1.91. The normalized spacial score (nSPS) is 11.8. The molecule has 1 aromatic heterocycles. The Morgan fingerprint density at radius 2 is 2.44 bits per heavy atom. The molecule has 3 N–H and O–H groups in total. The Morgan fingerprint density at radius 3 is 3.06 bits per heavy atom. The zero-order chi connectivity index (χ0) is 11.8. The van der Waals surface area contributed by atoms with Gasteiger partial charge < -0.3 is 11.1 Å². The molecule has 0 aliphatic rings. The van der Waals surface area contributed by atoms with Gasteiger partial charge in [-0.3, -0.25) is 9.67 Å². The zero-order valence-corrected chi connectivity index (χ0v) is 10.1. The Labute approximate surface area is 96.7 Å². The highest BCUT2D eigenvalue weighted by molar-refractivity contribution is 5.77. The summed E-state index contributed by atoms with van der Waals surface area (Å²) in [6.45, 7) is 3.75. The fourth-order valence-electron chi connectivity index (χ4n) is 1.35. The standard InChI is InChI=1S/C11H21N5/c1-3-4-6-13-11(12)14-7-5-10-8-15-16(2)9-10/h8-9H,3-7H2,1-2H3,(H3,12,13,14). The van der Waals surface area contributed by atoms with Crippen molar-refractivity contribution in [2.24, 2.45) is 17.8 Å². The average Bonchev–Trinajstić information content (AvgIpc) is 2.65. The van der Waals surface area contributed by atoms with Gasteiger partial charge >= 0.3 is 0 Å². The molecule has 0 aromatic carbocycles. The van der Waals surface area contributed by atoms with Crippen molar-refractivity contribution in [1.29, 1.82) is 0 Å². The quantitative estimate of drug-likeness (QED) is 0.423. The first-order valence-electron chi connectivity index (χ1n) is 5.73. The Morgan fingerprint density at radius 1 is 1.62 bits per heavy atom. The van der Waals surface area contributed by atoms with Crippen molar-refractivity contribution in [3.05, 3.63) is 18.0 Å². The van der Waals surface area contributed by atoms with E-state index in [2.05, 4.69) is 22.3 Å². The first kappa shape index (κ1) is 12.5. The van der Waals surface area contributed by atoms with E-state index in [1.165, 1.54) is 5.56 Å². The number of nitrogens with zero attached hydrogens (tertiary/aromatic N) is 3. The van der Waals surface area contributed by atoms with Gasteiger partial charge in [-0.2, -0.15) is 5.10 Å². The molecule has 90 valence electrons. The number of aliphatic imine (C=N–C) groups is 1. The van der Waals surface area contributed by atoms with Crippen LogP contribution in [-0.2, 0) is 13.5 Å². The molecule has 0 unspecified atom stereocenters. The third kappa shape index (κ3) is 4.82. The van der Waals surface area contributed by atoms with Gasteiger partial charge in [0.25, 0.3) is 0 Å². The summed E-state index contributed by atoms with van der Waals surface area (Å²) in [5.74, 6) is 0.539. The van der Waals surface area contributed by atoms with E-state index >= 15 is 0 Å². The highest BCUT2D eigenvalue weighted by atomic mass is 15.2. The van der Waals surface area contributed by atoms with Crippen LogP contribution in [0.4, 0.5) is 0 Å². The molecule has 5 heteroatoms. The summed E-state index contributed by atoms with van der Waals surface area (Å²) in [6.07, 6.45) is 7.02. The van der Waals surface area contributed by atoms with Gasteiger partial charge in [-0.15, -0.1) is 0 Å². The predicted octanol–water partition coefficient (Wildman–Crippen LogP) is 0.667. The monoisotopic (exact) mass is 223 g/mol. The number of nitrogens with one attached hydrogen (secondary N) is 1. The van der Waals surface area contributed by atoms with Gasteiger partial charge in [-0.1, -0.05) is 13.3 Å². The van der Waals surface area contributed by atoms with E-state index in [0.29, 0.717) is 5.96 Å². The number of guanidine groups is 1. The molecular formula is C11H21N5. The Balaban J connectivity index is 2.17. The fourth-order valence-corrected chi connectivity index (χ4v) is 1.35. The molecule has 0 aliphatic heterocycles. The van der Waals surface area contributed by atoms with Gasteiger partial charge in [-0.05, 0) is 18.4 Å². The molecular weight excluding hydrogens is 202 g/mol. The SMILES string of the molecule is CCCCN=C(N)NCCc1cnn(C)c1.